The van der Waals surface area contributed by atoms with Gasteiger partial charge >= 0.3 is 6.03 Å². The number of anilines is 2. The number of phenolic OH excluding ortho intramolecular Hbond substituents is 1. The molecule has 2 aromatic rings. The van der Waals surface area contributed by atoms with Crippen LogP contribution in [0.4, 0.5) is 21.9 Å². The lowest BCUT2D eigenvalue weighted by atomic mass is 10.2. The molecule has 0 aliphatic heterocycles. The topological polar surface area (TPSA) is 104 Å². The van der Waals surface area contributed by atoms with Crippen molar-refractivity contribution in [3.8, 4) is 5.75 Å². The van der Waals surface area contributed by atoms with E-state index in [1.807, 2.05) is 12.1 Å². The Labute approximate surface area is 133 Å². The fourth-order valence-corrected chi connectivity index (χ4v) is 2.10. The van der Waals surface area contributed by atoms with E-state index in [9.17, 15) is 20.0 Å². The molecular weight excluding hydrogens is 389 g/mol. The number of nitrogens with zero attached hydrogens (tertiary/aromatic N) is 1. The minimum Gasteiger partial charge on any atom is -0.506 e. The maximum absolute atomic E-state index is 11.8. The number of phenols is 1. The van der Waals surface area contributed by atoms with Crippen molar-refractivity contribution in [2.45, 2.75) is 0 Å². The second kappa shape index (κ2) is 6.39. The number of hydrogen-bond donors (Lipinski definition) is 3. The molecule has 0 spiro atoms. The molecule has 0 aromatic heterocycles. The van der Waals surface area contributed by atoms with Crippen LogP contribution in [0.2, 0.25) is 0 Å². The van der Waals surface area contributed by atoms with E-state index in [1.54, 1.807) is 12.1 Å². The van der Waals surface area contributed by atoms with Gasteiger partial charge in [-0.3, -0.25) is 10.1 Å². The molecule has 0 bridgehead atoms. The molecule has 0 unspecified atom stereocenters. The van der Waals surface area contributed by atoms with Crippen molar-refractivity contribution in [2.75, 3.05) is 10.6 Å². The van der Waals surface area contributed by atoms with Gasteiger partial charge in [-0.15, -0.1) is 0 Å². The van der Waals surface area contributed by atoms with Crippen molar-refractivity contribution in [3.05, 3.63) is 56.1 Å². The van der Waals surface area contributed by atoms with Crippen LogP contribution in [0.5, 0.6) is 5.75 Å². The van der Waals surface area contributed by atoms with Crippen molar-refractivity contribution in [2.24, 2.45) is 0 Å². The zero-order valence-corrected chi connectivity index (χ0v) is 12.7. The third-order valence-electron chi connectivity index (χ3n) is 2.56. The first-order valence-corrected chi connectivity index (χ1v) is 6.85. The number of halogens is 1. The van der Waals surface area contributed by atoms with Crippen LogP contribution in [0.25, 0.3) is 0 Å². The molecule has 0 aliphatic carbocycles. The van der Waals surface area contributed by atoms with Gasteiger partial charge in [-0.25, -0.2) is 4.79 Å². The smallest absolute Gasteiger partial charge is 0.323 e. The summed E-state index contributed by atoms with van der Waals surface area (Å²) in [7, 11) is 0. The maximum atomic E-state index is 11.8. The molecule has 7 nitrogen and oxygen atoms in total. The number of rotatable bonds is 3. The Balaban J connectivity index is 2.10. The van der Waals surface area contributed by atoms with Gasteiger partial charge in [0, 0.05) is 9.64 Å². The van der Waals surface area contributed by atoms with Gasteiger partial charge in [-0.1, -0.05) is 12.1 Å². The highest BCUT2D eigenvalue weighted by molar-refractivity contribution is 14.1. The number of hydrogen-bond acceptors (Lipinski definition) is 4. The maximum Gasteiger partial charge on any atom is 0.323 e. The summed E-state index contributed by atoms with van der Waals surface area (Å²) >= 11 is 2.08. The fraction of sp³-hybridized carbons (Fsp3) is 0. The highest BCUT2D eigenvalue weighted by atomic mass is 127. The molecule has 0 saturated carbocycles. The molecule has 2 amide bonds. The van der Waals surface area contributed by atoms with Crippen LogP contribution in [0.15, 0.2) is 42.5 Å². The van der Waals surface area contributed by atoms with E-state index in [-0.39, 0.29) is 17.1 Å². The second-order valence-corrected chi connectivity index (χ2v) is 5.18. The number of benzene rings is 2. The van der Waals surface area contributed by atoms with Gasteiger partial charge in [0.2, 0.25) is 0 Å². The van der Waals surface area contributed by atoms with Crippen LogP contribution < -0.4 is 10.6 Å². The lowest BCUT2D eigenvalue weighted by molar-refractivity contribution is -0.384. The highest BCUT2D eigenvalue weighted by Gasteiger charge is 2.12. The van der Waals surface area contributed by atoms with Gasteiger partial charge in [-0.2, -0.15) is 0 Å². The van der Waals surface area contributed by atoms with E-state index >= 15 is 0 Å². The number of carbonyl (C=O) groups excluding carboxylic acids is 1. The van der Waals surface area contributed by atoms with Crippen LogP contribution in [0.3, 0.4) is 0 Å². The van der Waals surface area contributed by atoms with Gasteiger partial charge in [-0.05, 0) is 40.8 Å². The highest BCUT2D eigenvalue weighted by Crippen LogP contribution is 2.28. The zero-order chi connectivity index (χ0) is 15.4. The molecule has 108 valence electrons. The molecule has 0 radical (unpaired) electrons. The SMILES string of the molecule is O=C(Nc1ccc([N+](=O)[O-])cc1O)Nc1ccccc1I. The average molecular weight is 399 g/mol. The average Bonchev–Trinajstić information content (AvgIpc) is 2.43. The van der Waals surface area contributed by atoms with Gasteiger partial charge in [0.1, 0.15) is 5.75 Å². The number of para-hydroxylation sites is 1. The van der Waals surface area contributed by atoms with Crippen molar-refractivity contribution in [3.63, 3.8) is 0 Å². The Bertz CT molecular complexity index is 706. The summed E-state index contributed by atoms with van der Waals surface area (Å²) < 4.78 is 0.859. The van der Waals surface area contributed by atoms with Gasteiger partial charge in [0.15, 0.2) is 0 Å². The van der Waals surface area contributed by atoms with E-state index < -0.39 is 11.0 Å². The molecule has 0 fully saturated rings. The number of nitro benzene ring substituents is 1. The van der Waals surface area contributed by atoms with Crippen molar-refractivity contribution in [1.29, 1.82) is 0 Å². The van der Waals surface area contributed by atoms with Gasteiger partial charge in [0.05, 0.1) is 22.4 Å². The van der Waals surface area contributed by atoms with E-state index in [0.717, 1.165) is 9.64 Å². The first kappa shape index (κ1) is 15.0. The fourth-order valence-electron chi connectivity index (χ4n) is 1.58. The third-order valence-corrected chi connectivity index (χ3v) is 3.50. The summed E-state index contributed by atoms with van der Waals surface area (Å²) in [6.45, 7) is 0. The van der Waals surface area contributed by atoms with Crippen molar-refractivity contribution >= 4 is 45.7 Å². The molecule has 0 aliphatic rings. The Morgan fingerprint density at radius 2 is 1.81 bits per heavy atom. The number of aromatic hydroxyl groups is 1. The molecule has 3 N–H and O–H groups in total. The molecule has 0 atom stereocenters. The predicted octanol–water partition coefficient (Wildman–Crippen LogP) is 3.55. The summed E-state index contributed by atoms with van der Waals surface area (Å²) in [6.07, 6.45) is 0. The second-order valence-electron chi connectivity index (χ2n) is 4.02. The Kier molecular flexibility index (Phi) is 4.58. The van der Waals surface area contributed by atoms with E-state index in [1.165, 1.54) is 12.1 Å². The summed E-state index contributed by atoms with van der Waals surface area (Å²) in [4.78, 5) is 21.8. The van der Waals surface area contributed by atoms with Gasteiger partial charge < -0.3 is 15.7 Å². The lowest BCUT2D eigenvalue weighted by Gasteiger charge is -2.10. The van der Waals surface area contributed by atoms with Crippen LogP contribution in [-0.2, 0) is 0 Å². The van der Waals surface area contributed by atoms with Gasteiger partial charge in [0.25, 0.3) is 5.69 Å². The van der Waals surface area contributed by atoms with Crippen molar-refractivity contribution in [1.82, 2.24) is 0 Å². The summed E-state index contributed by atoms with van der Waals surface area (Å²) in [5.74, 6) is -0.373. The molecule has 2 aromatic carbocycles. The van der Waals surface area contributed by atoms with Crippen LogP contribution in [0.1, 0.15) is 0 Å². The quantitative estimate of drug-likeness (QED) is 0.318. The van der Waals surface area contributed by atoms with Crippen LogP contribution in [0, 0.1) is 13.7 Å². The summed E-state index contributed by atoms with van der Waals surface area (Å²) in [6, 6.07) is 10.1. The molecule has 0 saturated heterocycles. The summed E-state index contributed by atoms with van der Waals surface area (Å²) in [5.41, 5.74) is 0.456. The first-order chi connectivity index (χ1) is 9.97. The number of nitrogens with one attached hydrogen (secondary N) is 2. The zero-order valence-electron chi connectivity index (χ0n) is 10.5. The molecule has 0 heterocycles. The van der Waals surface area contributed by atoms with Crippen molar-refractivity contribution < 1.29 is 14.8 Å². The number of carbonyl (C=O) groups is 1. The molecule has 8 heteroatoms. The van der Waals surface area contributed by atoms with E-state index in [2.05, 4.69) is 33.2 Å². The number of urea groups is 1. The van der Waals surface area contributed by atoms with Crippen LogP contribution in [-0.4, -0.2) is 16.1 Å². The molecule has 21 heavy (non-hydrogen) atoms. The minimum atomic E-state index is -0.629. The predicted molar refractivity (Wildman–Crippen MR) is 86.6 cm³/mol. The van der Waals surface area contributed by atoms with Crippen LogP contribution >= 0.6 is 22.6 Å². The van der Waals surface area contributed by atoms with E-state index in [4.69, 9.17) is 0 Å². The Morgan fingerprint density at radius 1 is 1.14 bits per heavy atom. The number of nitro groups is 1. The lowest BCUT2D eigenvalue weighted by Crippen LogP contribution is -2.20. The monoisotopic (exact) mass is 399 g/mol. The first-order valence-electron chi connectivity index (χ1n) is 5.77. The Morgan fingerprint density at radius 3 is 2.43 bits per heavy atom. The third kappa shape index (κ3) is 3.81. The van der Waals surface area contributed by atoms with E-state index in [0.29, 0.717) is 5.69 Å². The Hall–Kier alpha value is -2.36. The summed E-state index contributed by atoms with van der Waals surface area (Å²) in [5, 5.41) is 25.3. The number of amides is 2. The molecule has 2 rings (SSSR count). The molecular formula is C13H10IN3O4. The normalized spacial score (nSPS) is 9.95. The minimum absolute atomic E-state index is 0.0871. The number of non-ortho nitro benzene ring substituents is 1. The standard InChI is InChI=1S/C13H10IN3O4/c14-9-3-1-2-4-10(9)15-13(19)16-11-6-5-8(17(20)21)7-12(11)18/h1-7,18H,(H2,15,16,19). The largest absolute Gasteiger partial charge is 0.506 e.